The number of benzene rings is 1. The maximum absolute atomic E-state index is 11.8. The number of carbonyl (C=O) groups excluding carboxylic acids is 1. The van der Waals surface area contributed by atoms with Crippen LogP contribution < -0.4 is 15.1 Å². The predicted octanol–water partition coefficient (Wildman–Crippen LogP) is -0.208. The maximum atomic E-state index is 11.8. The Morgan fingerprint density at radius 2 is 2.23 bits per heavy atom. The molecule has 0 saturated heterocycles. The Morgan fingerprint density at radius 1 is 1.45 bits per heavy atom. The summed E-state index contributed by atoms with van der Waals surface area (Å²) in [5.41, 5.74) is 5.54. The topological polar surface area (TPSA) is 131 Å². The van der Waals surface area contributed by atoms with Gasteiger partial charge in [-0.3, -0.25) is 4.79 Å². The molecule has 116 valence electrons. The van der Waals surface area contributed by atoms with Crippen molar-refractivity contribution >= 4 is 12.7 Å². The van der Waals surface area contributed by atoms with Crippen LogP contribution in [0, 0.1) is 16.7 Å². The van der Waals surface area contributed by atoms with Crippen LogP contribution in [0.3, 0.4) is 0 Å². The third kappa shape index (κ3) is 3.43. The first-order valence-corrected chi connectivity index (χ1v) is 6.60. The molecule has 8 nitrogen and oxygen atoms in total. The van der Waals surface area contributed by atoms with Gasteiger partial charge in [0.15, 0.2) is 0 Å². The number of nitroso groups, excluding NO2 is 1. The van der Waals surface area contributed by atoms with E-state index < -0.39 is 12.7 Å². The maximum Gasteiger partial charge on any atom is 0.430 e. The van der Waals surface area contributed by atoms with Crippen LogP contribution in [0.25, 0.3) is 0 Å². The van der Waals surface area contributed by atoms with E-state index in [-0.39, 0.29) is 43.0 Å². The van der Waals surface area contributed by atoms with Gasteiger partial charge < -0.3 is 25.2 Å². The third-order valence-corrected chi connectivity index (χ3v) is 3.12. The van der Waals surface area contributed by atoms with Gasteiger partial charge in [-0.15, -0.1) is 4.91 Å². The lowest BCUT2D eigenvalue weighted by molar-refractivity contribution is 0.0994. The zero-order chi connectivity index (χ0) is 16.2. The number of ether oxygens (including phenoxy) is 1. The summed E-state index contributed by atoms with van der Waals surface area (Å²) in [5.74, 6) is 4.01. The standard InChI is InChI=1S/C13H14BN2O6/c15-7-1-2-8-21-10-4-3-9-5-6-14(18,19)22-12(9)11(10)13(17)16-20/h3-4,18-19H,5-8,15H2/q-1. The molecule has 0 aliphatic carbocycles. The summed E-state index contributed by atoms with van der Waals surface area (Å²) in [5, 5.41) is 21.6. The molecule has 0 unspecified atom stereocenters. The van der Waals surface area contributed by atoms with Crippen molar-refractivity contribution in [2.24, 2.45) is 10.9 Å². The van der Waals surface area contributed by atoms with E-state index in [1.54, 1.807) is 6.07 Å². The van der Waals surface area contributed by atoms with Crippen LogP contribution in [0.5, 0.6) is 11.5 Å². The van der Waals surface area contributed by atoms with Crippen molar-refractivity contribution in [1.29, 1.82) is 0 Å². The molecule has 0 spiro atoms. The molecule has 22 heavy (non-hydrogen) atoms. The summed E-state index contributed by atoms with van der Waals surface area (Å²) in [6.07, 6.45) is 0.284. The van der Waals surface area contributed by atoms with E-state index in [4.69, 9.17) is 15.1 Å². The van der Waals surface area contributed by atoms with Crippen LogP contribution in [0.4, 0.5) is 0 Å². The number of hydrogen-bond acceptors (Lipinski definition) is 7. The van der Waals surface area contributed by atoms with Gasteiger partial charge in [-0.1, -0.05) is 24.2 Å². The third-order valence-electron chi connectivity index (χ3n) is 3.12. The van der Waals surface area contributed by atoms with E-state index in [1.165, 1.54) is 6.07 Å². The number of aryl methyl sites for hydroxylation is 1. The smallest absolute Gasteiger partial charge is 0.430 e. The van der Waals surface area contributed by atoms with E-state index in [0.29, 0.717) is 5.56 Å². The van der Waals surface area contributed by atoms with Crippen molar-refractivity contribution in [2.45, 2.75) is 12.7 Å². The quantitative estimate of drug-likeness (QED) is 0.400. The van der Waals surface area contributed by atoms with Gasteiger partial charge in [0.25, 0.3) is 0 Å². The average molecular weight is 305 g/mol. The number of nitrogens with two attached hydrogens (primary N) is 1. The van der Waals surface area contributed by atoms with Crippen molar-refractivity contribution in [3.05, 3.63) is 28.2 Å². The first-order chi connectivity index (χ1) is 10.5. The van der Waals surface area contributed by atoms with E-state index in [0.717, 1.165) is 0 Å². The molecule has 9 heteroatoms. The lowest BCUT2D eigenvalue weighted by Gasteiger charge is -2.37. The molecule has 0 bridgehead atoms. The summed E-state index contributed by atoms with van der Waals surface area (Å²) in [6.45, 7) is -2.97. The number of fused-ring (bicyclic) bond motifs is 1. The highest BCUT2D eigenvalue weighted by molar-refractivity contribution is 6.59. The molecule has 0 atom stereocenters. The van der Waals surface area contributed by atoms with E-state index in [9.17, 15) is 19.7 Å². The first kappa shape index (κ1) is 16.0. The second kappa shape index (κ2) is 6.57. The highest BCUT2D eigenvalue weighted by Crippen LogP contribution is 2.38. The monoisotopic (exact) mass is 305 g/mol. The lowest BCUT2D eigenvalue weighted by Crippen LogP contribution is -2.45. The van der Waals surface area contributed by atoms with Gasteiger partial charge in [-0.05, 0) is 18.1 Å². The Balaban J connectivity index is 2.42. The fourth-order valence-electron chi connectivity index (χ4n) is 2.14. The Labute approximate surface area is 126 Å². The minimum atomic E-state index is -3.08. The molecule has 1 heterocycles. The lowest BCUT2D eigenvalue weighted by atomic mass is 9.70. The van der Waals surface area contributed by atoms with E-state index in [2.05, 4.69) is 17.0 Å². The van der Waals surface area contributed by atoms with Crippen LogP contribution in [-0.4, -0.2) is 35.9 Å². The van der Waals surface area contributed by atoms with Crippen molar-refractivity contribution in [3.63, 3.8) is 0 Å². The predicted molar refractivity (Wildman–Crippen MR) is 78.2 cm³/mol. The zero-order valence-corrected chi connectivity index (χ0v) is 11.6. The largest absolute Gasteiger partial charge is 0.669 e. The van der Waals surface area contributed by atoms with Crippen molar-refractivity contribution < 1.29 is 24.2 Å². The van der Waals surface area contributed by atoms with Crippen LogP contribution in [-0.2, 0) is 6.42 Å². The summed E-state index contributed by atoms with van der Waals surface area (Å²) in [7, 11) is 0. The van der Waals surface area contributed by atoms with Crippen molar-refractivity contribution in [1.82, 2.24) is 0 Å². The summed E-state index contributed by atoms with van der Waals surface area (Å²) in [4.78, 5) is 22.4. The number of carbonyl (C=O) groups is 1. The van der Waals surface area contributed by atoms with Gasteiger partial charge in [0.05, 0.1) is 12.3 Å². The van der Waals surface area contributed by atoms with E-state index >= 15 is 0 Å². The molecule has 1 aromatic rings. The molecule has 0 saturated carbocycles. The van der Waals surface area contributed by atoms with Crippen molar-refractivity contribution in [3.8, 4) is 23.3 Å². The first-order valence-electron chi connectivity index (χ1n) is 6.60. The Kier molecular flexibility index (Phi) is 4.77. The minimum Gasteiger partial charge on any atom is -0.669 e. The number of rotatable bonds is 3. The highest BCUT2D eigenvalue weighted by atomic mass is 16.6. The fourth-order valence-corrected chi connectivity index (χ4v) is 2.14. The average Bonchev–Trinajstić information content (AvgIpc) is 2.49. The second-order valence-corrected chi connectivity index (χ2v) is 4.68. The number of hydrogen-bond donors (Lipinski definition) is 3. The molecule has 2 rings (SSSR count). The SMILES string of the molecule is NCC#CCOc1ccc2c(c1C(=O)N=O)O[B-](O)(O)CC2. The fraction of sp³-hybridized carbons (Fsp3) is 0.308. The molecule has 0 fully saturated rings. The molecular weight excluding hydrogens is 291 g/mol. The van der Waals surface area contributed by atoms with Crippen LogP contribution in [0.2, 0.25) is 6.32 Å². The molecule has 0 radical (unpaired) electrons. The van der Waals surface area contributed by atoms with Crippen molar-refractivity contribution in [2.75, 3.05) is 13.2 Å². The molecule has 1 amide bonds. The summed E-state index contributed by atoms with van der Waals surface area (Å²) >= 11 is 0. The van der Waals surface area contributed by atoms with Gasteiger partial charge in [0.1, 0.15) is 17.9 Å². The molecule has 1 aliphatic rings. The Morgan fingerprint density at radius 3 is 2.91 bits per heavy atom. The molecule has 0 aromatic heterocycles. The highest BCUT2D eigenvalue weighted by Gasteiger charge is 2.33. The summed E-state index contributed by atoms with van der Waals surface area (Å²) in [6, 6.07) is 3.10. The minimum absolute atomic E-state index is 0.00265. The molecule has 1 aliphatic heterocycles. The number of nitrogens with zero attached hydrogens (tertiary/aromatic N) is 1. The van der Waals surface area contributed by atoms with Crippen LogP contribution in [0.15, 0.2) is 17.3 Å². The Bertz CT molecular complexity index is 664. The number of amides is 1. The zero-order valence-electron chi connectivity index (χ0n) is 11.6. The van der Waals surface area contributed by atoms with Gasteiger partial charge in [0.2, 0.25) is 0 Å². The van der Waals surface area contributed by atoms with Gasteiger partial charge in [-0.2, -0.15) is 0 Å². The molecule has 1 aromatic carbocycles. The second-order valence-electron chi connectivity index (χ2n) is 4.68. The van der Waals surface area contributed by atoms with Gasteiger partial charge in [-0.25, -0.2) is 0 Å². The van der Waals surface area contributed by atoms with Crippen LogP contribution >= 0.6 is 0 Å². The molecule has 4 N–H and O–H groups in total. The normalized spacial score (nSPS) is 14.9. The Hall–Kier alpha value is -2.41. The molecular formula is C13H14BN2O6-. The van der Waals surface area contributed by atoms with E-state index in [1.807, 2.05) is 0 Å². The van der Waals surface area contributed by atoms with Gasteiger partial charge >= 0.3 is 12.7 Å². The van der Waals surface area contributed by atoms with Gasteiger partial charge in [0, 0.05) is 5.18 Å². The van der Waals surface area contributed by atoms with Crippen LogP contribution in [0.1, 0.15) is 15.9 Å². The summed E-state index contributed by atoms with van der Waals surface area (Å²) < 4.78 is 10.4.